The number of aromatic nitrogens is 2. The molecule has 2 aromatic rings. The maximum absolute atomic E-state index is 12.6. The van der Waals surface area contributed by atoms with Gasteiger partial charge < -0.3 is 10.1 Å². The van der Waals surface area contributed by atoms with Gasteiger partial charge in [0.05, 0.1) is 16.3 Å². The van der Waals surface area contributed by atoms with Gasteiger partial charge in [0.15, 0.2) is 0 Å². The third kappa shape index (κ3) is 4.32. The van der Waals surface area contributed by atoms with Gasteiger partial charge in [-0.3, -0.25) is 4.79 Å². The zero-order chi connectivity index (χ0) is 19.8. The van der Waals surface area contributed by atoms with E-state index in [0.29, 0.717) is 25.9 Å². The largest absolute Gasteiger partial charge is 0.481 e. The molecule has 2 heterocycles. The standard InChI is InChI=1S/C19H27N3O4S/c1-12(2)27(25,26)22-7-6-14(10-19(23)24)15(11-22)9-18-20-16-5-4-13(3)8-17(16)21-18/h4-5,8,12,14-15H,6-7,9-11H2,1-3H3,(H,20,21)(H,23,24). The molecule has 1 aliphatic heterocycles. The van der Waals surface area contributed by atoms with Gasteiger partial charge in [-0.05, 0) is 56.7 Å². The Kier molecular flexibility index (Phi) is 5.58. The average molecular weight is 394 g/mol. The van der Waals surface area contributed by atoms with Crippen molar-refractivity contribution in [2.75, 3.05) is 13.1 Å². The van der Waals surface area contributed by atoms with E-state index < -0.39 is 21.2 Å². The number of hydrogen-bond acceptors (Lipinski definition) is 4. The Morgan fingerprint density at radius 2 is 2.11 bits per heavy atom. The number of H-pyrrole nitrogens is 1. The number of hydrogen-bond donors (Lipinski definition) is 2. The van der Waals surface area contributed by atoms with Crippen LogP contribution in [0, 0.1) is 18.8 Å². The van der Waals surface area contributed by atoms with E-state index in [-0.39, 0.29) is 18.3 Å². The molecule has 0 spiro atoms. The Balaban J connectivity index is 1.85. The maximum Gasteiger partial charge on any atom is 0.303 e. The highest BCUT2D eigenvalue weighted by Crippen LogP contribution is 2.31. The molecule has 1 aromatic carbocycles. The number of carboxylic acids is 1. The Morgan fingerprint density at radius 1 is 1.37 bits per heavy atom. The summed E-state index contributed by atoms with van der Waals surface area (Å²) in [6, 6.07) is 5.98. The second-order valence-corrected chi connectivity index (χ2v) is 10.3. The molecule has 0 saturated carbocycles. The van der Waals surface area contributed by atoms with Crippen molar-refractivity contribution in [3.05, 3.63) is 29.6 Å². The zero-order valence-electron chi connectivity index (χ0n) is 16.0. The number of carboxylic acid groups (broad SMARTS) is 1. The van der Waals surface area contributed by atoms with E-state index in [1.807, 2.05) is 25.1 Å². The number of piperidine rings is 1. The first-order chi connectivity index (χ1) is 12.7. The molecule has 0 bridgehead atoms. The van der Waals surface area contributed by atoms with Crippen LogP contribution in [0.4, 0.5) is 0 Å². The molecule has 1 aliphatic rings. The topological polar surface area (TPSA) is 103 Å². The lowest BCUT2D eigenvalue weighted by Gasteiger charge is -2.38. The number of aromatic amines is 1. The minimum absolute atomic E-state index is 0.0551. The Labute approximate surface area is 159 Å². The Bertz CT molecular complexity index is 936. The number of nitrogens with zero attached hydrogens (tertiary/aromatic N) is 2. The normalized spacial score (nSPS) is 21.8. The molecule has 1 aromatic heterocycles. The van der Waals surface area contributed by atoms with Gasteiger partial charge in [0.1, 0.15) is 5.82 Å². The Hall–Kier alpha value is -1.93. The first-order valence-electron chi connectivity index (χ1n) is 9.33. The molecule has 1 fully saturated rings. The minimum Gasteiger partial charge on any atom is -0.481 e. The summed E-state index contributed by atoms with van der Waals surface area (Å²) in [6.07, 6.45) is 1.15. The molecule has 3 rings (SSSR count). The van der Waals surface area contributed by atoms with Crippen molar-refractivity contribution < 1.29 is 18.3 Å². The maximum atomic E-state index is 12.6. The van der Waals surface area contributed by atoms with Crippen LogP contribution < -0.4 is 0 Å². The van der Waals surface area contributed by atoms with E-state index >= 15 is 0 Å². The number of sulfonamides is 1. The van der Waals surface area contributed by atoms with Crippen LogP contribution in [0.3, 0.4) is 0 Å². The molecule has 0 amide bonds. The van der Waals surface area contributed by atoms with Crippen LogP contribution in [-0.2, 0) is 21.2 Å². The molecule has 148 valence electrons. The van der Waals surface area contributed by atoms with Crippen molar-refractivity contribution in [2.24, 2.45) is 11.8 Å². The van der Waals surface area contributed by atoms with Crippen LogP contribution >= 0.6 is 0 Å². The minimum atomic E-state index is -3.35. The number of nitrogens with one attached hydrogen (secondary N) is 1. The van der Waals surface area contributed by atoms with Crippen LogP contribution in [0.15, 0.2) is 18.2 Å². The SMILES string of the molecule is Cc1ccc2nc(CC3CN(S(=O)(=O)C(C)C)CCC3CC(=O)O)[nH]c2c1. The van der Waals surface area contributed by atoms with Crippen molar-refractivity contribution in [3.63, 3.8) is 0 Å². The van der Waals surface area contributed by atoms with E-state index in [1.54, 1.807) is 13.8 Å². The quantitative estimate of drug-likeness (QED) is 0.785. The fourth-order valence-corrected chi connectivity index (χ4v) is 5.18. The third-order valence-corrected chi connectivity index (χ3v) is 7.63. The highest BCUT2D eigenvalue weighted by atomic mass is 32.2. The van der Waals surface area contributed by atoms with Crippen LogP contribution in [0.5, 0.6) is 0 Å². The second kappa shape index (κ2) is 7.59. The smallest absolute Gasteiger partial charge is 0.303 e. The number of imidazole rings is 1. The monoisotopic (exact) mass is 393 g/mol. The lowest BCUT2D eigenvalue weighted by Crippen LogP contribution is -2.47. The summed E-state index contributed by atoms with van der Waals surface area (Å²) in [5.74, 6) is -0.203. The van der Waals surface area contributed by atoms with Crippen LogP contribution in [0.25, 0.3) is 11.0 Å². The second-order valence-electron chi connectivity index (χ2n) is 7.77. The summed E-state index contributed by atoms with van der Waals surface area (Å²) in [7, 11) is -3.35. The van der Waals surface area contributed by atoms with Gasteiger partial charge >= 0.3 is 5.97 Å². The molecule has 2 N–H and O–H groups in total. The summed E-state index contributed by atoms with van der Waals surface area (Å²) in [5, 5.41) is 8.77. The average Bonchev–Trinajstić information content (AvgIpc) is 2.97. The first kappa shape index (κ1) is 19.8. The lowest BCUT2D eigenvalue weighted by atomic mass is 9.82. The van der Waals surface area contributed by atoms with Crippen LogP contribution in [-0.4, -0.2) is 52.1 Å². The summed E-state index contributed by atoms with van der Waals surface area (Å²) in [6.45, 7) is 6.09. The molecule has 0 aliphatic carbocycles. The van der Waals surface area contributed by atoms with E-state index in [9.17, 15) is 18.3 Å². The Morgan fingerprint density at radius 3 is 2.78 bits per heavy atom. The molecular formula is C19H27N3O4S. The van der Waals surface area contributed by atoms with Crippen molar-refractivity contribution >= 4 is 27.0 Å². The molecule has 27 heavy (non-hydrogen) atoms. The van der Waals surface area contributed by atoms with E-state index in [0.717, 1.165) is 22.4 Å². The number of aliphatic carboxylic acids is 1. The van der Waals surface area contributed by atoms with E-state index in [2.05, 4.69) is 9.97 Å². The third-order valence-electron chi connectivity index (χ3n) is 5.39. The number of benzene rings is 1. The summed E-state index contributed by atoms with van der Waals surface area (Å²) >= 11 is 0. The number of aryl methyl sites for hydroxylation is 1. The molecular weight excluding hydrogens is 366 g/mol. The highest BCUT2D eigenvalue weighted by molar-refractivity contribution is 7.89. The number of carbonyl (C=O) groups is 1. The fraction of sp³-hybridized carbons (Fsp3) is 0.579. The molecule has 7 nitrogen and oxygen atoms in total. The van der Waals surface area contributed by atoms with Gasteiger partial charge in [-0.15, -0.1) is 0 Å². The fourth-order valence-electron chi connectivity index (χ4n) is 3.82. The predicted molar refractivity (Wildman–Crippen MR) is 104 cm³/mol. The first-order valence-corrected chi connectivity index (χ1v) is 10.8. The van der Waals surface area contributed by atoms with Crippen molar-refractivity contribution in [2.45, 2.75) is 45.3 Å². The van der Waals surface area contributed by atoms with Crippen LogP contribution in [0.2, 0.25) is 0 Å². The van der Waals surface area contributed by atoms with Gasteiger partial charge in [0.25, 0.3) is 0 Å². The zero-order valence-corrected chi connectivity index (χ0v) is 16.8. The van der Waals surface area contributed by atoms with Crippen LogP contribution in [0.1, 0.15) is 38.1 Å². The van der Waals surface area contributed by atoms with Crippen molar-refractivity contribution in [1.82, 2.24) is 14.3 Å². The van der Waals surface area contributed by atoms with Crippen molar-refractivity contribution in [3.8, 4) is 0 Å². The predicted octanol–water partition coefficient (Wildman–Crippen LogP) is 2.56. The number of fused-ring (bicyclic) bond motifs is 1. The van der Waals surface area contributed by atoms with Gasteiger partial charge in [0.2, 0.25) is 10.0 Å². The summed E-state index contributed by atoms with van der Waals surface area (Å²) in [4.78, 5) is 19.2. The summed E-state index contributed by atoms with van der Waals surface area (Å²) < 4.78 is 26.7. The summed E-state index contributed by atoms with van der Waals surface area (Å²) in [5.41, 5.74) is 2.95. The lowest BCUT2D eigenvalue weighted by molar-refractivity contribution is -0.138. The van der Waals surface area contributed by atoms with Crippen molar-refractivity contribution in [1.29, 1.82) is 0 Å². The van der Waals surface area contributed by atoms with Gasteiger partial charge in [-0.25, -0.2) is 17.7 Å². The molecule has 2 unspecified atom stereocenters. The molecule has 0 radical (unpaired) electrons. The van der Waals surface area contributed by atoms with E-state index in [1.165, 1.54) is 4.31 Å². The highest BCUT2D eigenvalue weighted by Gasteiger charge is 2.37. The number of rotatable bonds is 6. The van der Waals surface area contributed by atoms with Gasteiger partial charge in [0, 0.05) is 25.9 Å². The molecule has 1 saturated heterocycles. The molecule has 8 heteroatoms. The van der Waals surface area contributed by atoms with E-state index in [4.69, 9.17) is 0 Å². The molecule has 2 atom stereocenters. The van der Waals surface area contributed by atoms with Gasteiger partial charge in [-0.2, -0.15) is 0 Å². The van der Waals surface area contributed by atoms with Gasteiger partial charge in [-0.1, -0.05) is 6.07 Å².